The van der Waals surface area contributed by atoms with Gasteiger partial charge in [-0.1, -0.05) is 50.2 Å². The highest BCUT2D eigenvalue weighted by Gasteiger charge is 2.09. The first-order valence-electron chi connectivity index (χ1n) is 9.41. The molecule has 0 saturated carbocycles. The Bertz CT molecular complexity index is 1000. The summed E-state index contributed by atoms with van der Waals surface area (Å²) in [5, 5.41) is 19.9. The first kappa shape index (κ1) is 20.1. The van der Waals surface area contributed by atoms with Crippen LogP contribution in [-0.4, -0.2) is 27.5 Å². The number of ether oxygens (including phenoxy) is 1. The van der Waals surface area contributed by atoms with Crippen molar-refractivity contribution in [2.75, 3.05) is 11.9 Å². The number of hydrogen-bond acceptors (Lipinski definition) is 5. The largest absolute Gasteiger partial charge is 0.479 e. The van der Waals surface area contributed by atoms with E-state index in [0.29, 0.717) is 24.0 Å². The molecular weight excluding hydrogens is 366 g/mol. The number of nitriles is 1. The fourth-order valence-corrected chi connectivity index (χ4v) is 2.84. The van der Waals surface area contributed by atoms with Crippen molar-refractivity contribution in [1.29, 1.82) is 5.26 Å². The molecule has 2 aromatic carbocycles. The van der Waals surface area contributed by atoms with Crippen LogP contribution in [-0.2, 0) is 17.8 Å². The summed E-state index contributed by atoms with van der Waals surface area (Å²) in [4.78, 5) is 13.8. The summed E-state index contributed by atoms with van der Waals surface area (Å²) in [5.41, 5.74) is 3.13. The molecule has 29 heavy (non-hydrogen) atoms. The highest BCUT2D eigenvalue weighted by Crippen LogP contribution is 2.16. The van der Waals surface area contributed by atoms with Gasteiger partial charge in [-0.3, -0.25) is 4.79 Å². The third kappa shape index (κ3) is 5.91. The summed E-state index contributed by atoms with van der Waals surface area (Å²) in [6.07, 6.45) is 1.80. The first-order chi connectivity index (χ1) is 14.0. The maximum Gasteiger partial charge on any atom is 0.230 e. The second kappa shape index (κ2) is 9.51. The number of nitrogens with zero attached hydrogens (tertiary/aromatic N) is 4. The summed E-state index contributed by atoms with van der Waals surface area (Å²) in [7, 11) is 0. The van der Waals surface area contributed by atoms with Gasteiger partial charge in [0.1, 0.15) is 11.8 Å². The van der Waals surface area contributed by atoms with E-state index < -0.39 is 0 Å². The third-order valence-corrected chi connectivity index (χ3v) is 4.34. The van der Waals surface area contributed by atoms with Crippen LogP contribution in [0.5, 0.6) is 5.75 Å². The van der Waals surface area contributed by atoms with Gasteiger partial charge in [0.25, 0.3) is 0 Å². The number of hydrogen-bond donors (Lipinski definition) is 1. The molecule has 1 aromatic heterocycles. The van der Waals surface area contributed by atoms with Gasteiger partial charge in [-0.05, 0) is 34.7 Å². The van der Waals surface area contributed by atoms with Crippen LogP contribution in [0, 0.1) is 11.3 Å². The molecule has 0 unspecified atom stereocenters. The monoisotopic (exact) mass is 389 g/mol. The molecular formula is C22H23N5O2. The van der Waals surface area contributed by atoms with E-state index in [1.807, 2.05) is 36.4 Å². The second-order valence-corrected chi connectivity index (χ2v) is 6.98. The Balaban J connectivity index is 1.56. The summed E-state index contributed by atoms with van der Waals surface area (Å²) >= 11 is 0. The van der Waals surface area contributed by atoms with Gasteiger partial charge < -0.3 is 10.1 Å². The molecule has 3 rings (SSSR count). The van der Waals surface area contributed by atoms with Crippen LogP contribution in [0.2, 0.25) is 0 Å². The van der Waals surface area contributed by atoms with Crippen molar-refractivity contribution in [2.45, 2.75) is 32.7 Å². The van der Waals surface area contributed by atoms with Gasteiger partial charge >= 0.3 is 0 Å². The van der Waals surface area contributed by atoms with Crippen LogP contribution < -0.4 is 10.1 Å². The van der Waals surface area contributed by atoms with E-state index in [9.17, 15) is 4.79 Å². The summed E-state index contributed by atoms with van der Waals surface area (Å²) in [6.45, 7) is 4.71. The van der Waals surface area contributed by atoms with Crippen molar-refractivity contribution in [2.24, 2.45) is 0 Å². The lowest BCUT2D eigenvalue weighted by molar-refractivity contribution is -0.115. The van der Waals surface area contributed by atoms with Gasteiger partial charge in [-0.2, -0.15) is 15.2 Å². The fourth-order valence-electron chi connectivity index (χ4n) is 2.84. The van der Waals surface area contributed by atoms with Crippen LogP contribution in [0.15, 0.2) is 54.7 Å². The van der Waals surface area contributed by atoms with Crippen molar-refractivity contribution >= 4 is 11.7 Å². The topological polar surface area (TPSA) is 92.8 Å². The van der Waals surface area contributed by atoms with Crippen LogP contribution >= 0.6 is 0 Å². The molecule has 0 aliphatic rings. The predicted molar refractivity (Wildman–Crippen MR) is 110 cm³/mol. The van der Waals surface area contributed by atoms with Crippen molar-refractivity contribution in [3.05, 3.63) is 71.4 Å². The van der Waals surface area contributed by atoms with E-state index in [1.54, 1.807) is 6.07 Å². The minimum Gasteiger partial charge on any atom is -0.479 e. The molecule has 0 aliphatic carbocycles. The number of benzene rings is 2. The number of nitrogens with one attached hydrogen (secondary N) is 1. The zero-order valence-electron chi connectivity index (χ0n) is 16.5. The maximum atomic E-state index is 12.3. The average Bonchev–Trinajstić information content (AvgIpc) is 3.13. The van der Waals surface area contributed by atoms with Crippen LogP contribution in [0.4, 0.5) is 5.82 Å². The van der Waals surface area contributed by atoms with Gasteiger partial charge in [0.15, 0.2) is 12.4 Å². The Labute approximate surface area is 169 Å². The van der Waals surface area contributed by atoms with Crippen molar-refractivity contribution in [3.63, 3.8) is 0 Å². The van der Waals surface area contributed by atoms with Crippen LogP contribution in [0.25, 0.3) is 0 Å². The number of anilines is 1. The number of rotatable bonds is 8. The lowest BCUT2D eigenvalue weighted by atomic mass is 10.0. The Morgan fingerprint density at radius 2 is 2.00 bits per heavy atom. The fraction of sp³-hybridized carbons (Fsp3) is 0.273. The van der Waals surface area contributed by atoms with E-state index in [0.717, 1.165) is 11.1 Å². The summed E-state index contributed by atoms with van der Waals surface area (Å²) in [6, 6.07) is 17.4. The van der Waals surface area contributed by atoms with E-state index >= 15 is 0 Å². The SMILES string of the molecule is CC(C)c1ccc(CC(=O)Nc2cnn(Cc3cccc(OCC#N)c3)n2)cc1. The van der Waals surface area contributed by atoms with Gasteiger partial charge in [0.2, 0.25) is 5.91 Å². The van der Waals surface area contributed by atoms with Crippen molar-refractivity contribution < 1.29 is 9.53 Å². The standard InChI is InChI=1S/C22H23N5O2/c1-16(2)19-8-6-17(7-9-19)13-22(28)25-21-14-24-27(26-21)15-18-4-3-5-20(12-18)29-11-10-23/h3-9,12,14,16H,11,13,15H2,1-2H3,(H,25,26,28). The molecule has 7 nitrogen and oxygen atoms in total. The number of carbonyl (C=O) groups is 1. The van der Waals surface area contributed by atoms with Gasteiger partial charge in [0.05, 0.1) is 19.2 Å². The molecule has 7 heteroatoms. The molecule has 0 saturated heterocycles. The second-order valence-electron chi connectivity index (χ2n) is 6.98. The Hall–Kier alpha value is -3.66. The number of aromatic nitrogens is 3. The molecule has 0 bridgehead atoms. The van der Waals surface area contributed by atoms with Crippen LogP contribution in [0.3, 0.4) is 0 Å². The highest BCUT2D eigenvalue weighted by molar-refractivity contribution is 5.91. The maximum absolute atomic E-state index is 12.3. The number of amides is 1. The normalized spacial score (nSPS) is 10.6. The van der Waals surface area contributed by atoms with E-state index in [2.05, 4.69) is 41.5 Å². The van der Waals surface area contributed by atoms with Crippen molar-refractivity contribution in [3.8, 4) is 11.8 Å². The molecule has 0 aliphatic heterocycles. The quantitative estimate of drug-likeness (QED) is 0.636. The van der Waals surface area contributed by atoms with E-state index in [1.165, 1.54) is 16.6 Å². The Kier molecular flexibility index (Phi) is 6.59. The molecule has 0 spiro atoms. The minimum absolute atomic E-state index is 0.000149. The smallest absolute Gasteiger partial charge is 0.230 e. The third-order valence-electron chi connectivity index (χ3n) is 4.34. The average molecular weight is 389 g/mol. The van der Waals surface area contributed by atoms with Crippen molar-refractivity contribution in [1.82, 2.24) is 15.0 Å². The van der Waals surface area contributed by atoms with E-state index in [4.69, 9.17) is 10.00 Å². The Morgan fingerprint density at radius 3 is 2.72 bits per heavy atom. The lowest BCUT2D eigenvalue weighted by Gasteiger charge is -2.07. The highest BCUT2D eigenvalue weighted by atomic mass is 16.5. The molecule has 0 atom stereocenters. The number of carbonyl (C=O) groups excluding carboxylic acids is 1. The molecule has 0 radical (unpaired) electrons. The lowest BCUT2D eigenvalue weighted by Crippen LogP contribution is -2.15. The minimum atomic E-state index is -0.138. The molecule has 148 valence electrons. The zero-order chi connectivity index (χ0) is 20.6. The van der Waals surface area contributed by atoms with Gasteiger partial charge in [0, 0.05) is 0 Å². The zero-order valence-corrected chi connectivity index (χ0v) is 16.5. The first-order valence-corrected chi connectivity index (χ1v) is 9.41. The molecule has 1 amide bonds. The molecule has 1 N–H and O–H groups in total. The summed E-state index contributed by atoms with van der Waals surface area (Å²) in [5.74, 6) is 1.35. The summed E-state index contributed by atoms with van der Waals surface area (Å²) < 4.78 is 5.30. The Morgan fingerprint density at radius 1 is 1.21 bits per heavy atom. The molecule has 1 heterocycles. The van der Waals surface area contributed by atoms with E-state index in [-0.39, 0.29) is 18.9 Å². The molecule has 3 aromatic rings. The molecule has 0 fully saturated rings. The van der Waals surface area contributed by atoms with Gasteiger partial charge in [-0.15, -0.1) is 5.10 Å². The predicted octanol–water partition coefficient (Wildman–Crippen LogP) is 3.53. The van der Waals surface area contributed by atoms with Gasteiger partial charge in [-0.25, -0.2) is 0 Å². The van der Waals surface area contributed by atoms with Crippen LogP contribution in [0.1, 0.15) is 36.5 Å².